The average molecular weight is 150 g/mol. The summed E-state index contributed by atoms with van der Waals surface area (Å²) in [5.74, 6) is 1.63. The molecule has 1 saturated carbocycles. The van der Waals surface area contributed by atoms with Crippen molar-refractivity contribution < 1.29 is 0 Å². The maximum Gasteiger partial charge on any atom is 0.00697 e. The summed E-state index contributed by atoms with van der Waals surface area (Å²) in [6, 6.07) is 0.523. The van der Waals surface area contributed by atoms with Crippen LogP contribution in [0.15, 0.2) is 0 Å². The molecule has 1 aliphatic rings. The third kappa shape index (κ3) is 1.84. The maximum atomic E-state index is 5.72. The number of halogens is 1. The van der Waals surface area contributed by atoms with E-state index in [9.17, 15) is 0 Å². The molecule has 1 nitrogen and oxygen atoms in total. The first-order chi connectivity index (χ1) is 3.72. The molecule has 0 aliphatic heterocycles. The van der Waals surface area contributed by atoms with E-state index in [0.29, 0.717) is 6.04 Å². The van der Waals surface area contributed by atoms with Crippen LogP contribution in [0.4, 0.5) is 0 Å². The van der Waals surface area contributed by atoms with Gasteiger partial charge < -0.3 is 5.73 Å². The van der Waals surface area contributed by atoms with Gasteiger partial charge in [-0.2, -0.15) is 0 Å². The van der Waals surface area contributed by atoms with E-state index in [2.05, 4.69) is 13.8 Å². The second-order valence-electron chi connectivity index (χ2n) is 3.15. The van der Waals surface area contributed by atoms with Gasteiger partial charge >= 0.3 is 0 Å². The van der Waals surface area contributed by atoms with E-state index in [4.69, 9.17) is 5.73 Å². The van der Waals surface area contributed by atoms with Crippen LogP contribution in [0.2, 0.25) is 0 Å². The highest BCUT2D eigenvalue weighted by molar-refractivity contribution is 5.85. The van der Waals surface area contributed by atoms with Crippen molar-refractivity contribution in [2.45, 2.75) is 32.7 Å². The van der Waals surface area contributed by atoms with Crippen molar-refractivity contribution >= 4 is 12.4 Å². The smallest absolute Gasteiger partial charge is 0.00697 e. The molecule has 0 bridgehead atoms. The van der Waals surface area contributed by atoms with Crippen molar-refractivity contribution in [2.24, 2.45) is 17.6 Å². The summed E-state index contributed by atoms with van der Waals surface area (Å²) in [4.78, 5) is 0. The molecule has 2 heteroatoms. The highest BCUT2D eigenvalue weighted by atomic mass is 35.5. The lowest BCUT2D eigenvalue weighted by Gasteiger charge is -2.36. The predicted octanol–water partition coefficient (Wildman–Crippen LogP) is 1.80. The highest BCUT2D eigenvalue weighted by Gasteiger charge is 2.29. The van der Waals surface area contributed by atoms with Gasteiger partial charge in [-0.25, -0.2) is 0 Å². The molecule has 2 atom stereocenters. The van der Waals surface area contributed by atoms with Crippen molar-refractivity contribution in [3.05, 3.63) is 0 Å². The zero-order valence-corrected chi connectivity index (χ0v) is 6.95. The van der Waals surface area contributed by atoms with Gasteiger partial charge in [0.15, 0.2) is 0 Å². The van der Waals surface area contributed by atoms with Gasteiger partial charge in [-0.15, -0.1) is 12.4 Å². The van der Waals surface area contributed by atoms with Crippen LogP contribution in [-0.2, 0) is 0 Å². The molecule has 0 heterocycles. The summed E-state index contributed by atoms with van der Waals surface area (Å²) in [7, 11) is 0. The van der Waals surface area contributed by atoms with E-state index in [1.54, 1.807) is 0 Å². The quantitative estimate of drug-likeness (QED) is 0.605. The van der Waals surface area contributed by atoms with Crippen LogP contribution in [0.5, 0.6) is 0 Å². The average Bonchev–Trinajstić information content (AvgIpc) is 1.61. The summed E-state index contributed by atoms with van der Waals surface area (Å²) < 4.78 is 0. The lowest BCUT2D eigenvalue weighted by Crippen LogP contribution is -2.42. The van der Waals surface area contributed by atoms with Crippen molar-refractivity contribution in [3.63, 3.8) is 0 Å². The Kier molecular flexibility index (Phi) is 3.52. The molecule has 2 N–H and O–H groups in total. The van der Waals surface area contributed by atoms with Gasteiger partial charge in [0.25, 0.3) is 0 Å². The summed E-state index contributed by atoms with van der Waals surface area (Å²) >= 11 is 0. The van der Waals surface area contributed by atoms with Crippen LogP contribution < -0.4 is 5.73 Å². The lowest BCUT2D eigenvalue weighted by molar-refractivity contribution is 0.190. The van der Waals surface area contributed by atoms with Crippen LogP contribution in [0.1, 0.15) is 26.7 Å². The number of hydrogen-bond acceptors (Lipinski definition) is 1. The first-order valence-electron chi connectivity index (χ1n) is 3.47. The normalized spacial score (nSPS) is 33.3. The Hall–Kier alpha value is 0.250. The third-order valence-corrected chi connectivity index (χ3v) is 2.24. The van der Waals surface area contributed by atoms with E-state index in [1.807, 2.05) is 0 Å². The monoisotopic (exact) mass is 149 g/mol. The fourth-order valence-corrected chi connectivity index (χ4v) is 1.38. The molecule has 0 saturated heterocycles. The van der Waals surface area contributed by atoms with E-state index in [-0.39, 0.29) is 12.4 Å². The van der Waals surface area contributed by atoms with Gasteiger partial charge in [-0.3, -0.25) is 0 Å². The lowest BCUT2D eigenvalue weighted by atomic mass is 9.73. The van der Waals surface area contributed by atoms with Crippen LogP contribution in [0.3, 0.4) is 0 Å². The first kappa shape index (κ1) is 9.25. The minimum absolute atomic E-state index is 0. The fourth-order valence-electron chi connectivity index (χ4n) is 1.38. The maximum absolute atomic E-state index is 5.72. The Morgan fingerprint density at radius 1 is 1.33 bits per heavy atom. The summed E-state index contributed by atoms with van der Waals surface area (Å²) in [5.41, 5.74) is 5.72. The first-order valence-corrected chi connectivity index (χ1v) is 3.47. The van der Waals surface area contributed by atoms with Crippen molar-refractivity contribution in [1.82, 2.24) is 0 Å². The number of nitrogens with two attached hydrogens (primary N) is 1. The molecule has 0 amide bonds. The topological polar surface area (TPSA) is 26.0 Å². The van der Waals surface area contributed by atoms with Gasteiger partial charge in [-0.05, 0) is 24.7 Å². The predicted molar refractivity (Wildman–Crippen MR) is 42.8 cm³/mol. The number of hydrogen-bond donors (Lipinski definition) is 1. The van der Waals surface area contributed by atoms with Gasteiger partial charge in [0.05, 0.1) is 0 Å². The van der Waals surface area contributed by atoms with E-state index < -0.39 is 0 Å². The molecule has 1 fully saturated rings. The SMILES string of the molecule is CC(C)C1CCC1N.Cl. The highest BCUT2D eigenvalue weighted by Crippen LogP contribution is 2.31. The van der Waals surface area contributed by atoms with Gasteiger partial charge in [-0.1, -0.05) is 13.8 Å². The Morgan fingerprint density at radius 2 is 1.89 bits per heavy atom. The molecule has 9 heavy (non-hydrogen) atoms. The molecule has 0 aromatic heterocycles. The summed E-state index contributed by atoms with van der Waals surface area (Å²) in [5, 5.41) is 0. The fraction of sp³-hybridized carbons (Fsp3) is 1.00. The molecule has 1 aliphatic carbocycles. The largest absolute Gasteiger partial charge is 0.327 e. The summed E-state index contributed by atoms with van der Waals surface area (Å²) in [6.07, 6.45) is 2.61. The molecule has 2 unspecified atom stereocenters. The zero-order chi connectivity index (χ0) is 6.15. The Morgan fingerprint density at radius 3 is 1.89 bits per heavy atom. The van der Waals surface area contributed by atoms with Crippen molar-refractivity contribution in [2.75, 3.05) is 0 Å². The molecule has 1 rings (SSSR count). The molecule has 0 aromatic carbocycles. The minimum atomic E-state index is 0. The van der Waals surface area contributed by atoms with Gasteiger partial charge in [0, 0.05) is 6.04 Å². The Balaban J connectivity index is 0.000000640. The van der Waals surface area contributed by atoms with E-state index in [1.165, 1.54) is 12.8 Å². The molecule has 0 radical (unpaired) electrons. The van der Waals surface area contributed by atoms with Crippen LogP contribution >= 0.6 is 12.4 Å². The van der Waals surface area contributed by atoms with Gasteiger partial charge in [0.2, 0.25) is 0 Å². The van der Waals surface area contributed by atoms with Crippen LogP contribution in [-0.4, -0.2) is 6.04 Å². The minimum Gasteiger partial charge on any atom is -0.327 e. The molecule has 0 spiro atoms. The molecule has 56 valence electrons. The summed E-state index contributed by atoms with van der Waals surface area (Å²) in [6.45, 7) is 4.51. The second-order valence-corrected chi connectivity index (χ2v) is 3.15. The standard InChI is InChI=1S/C7H15N.ClH/c1-5(2)6-3-4-7(6)8;/h5-7H,3-4,8H2,1-2H3;1H. The molecular weight excluding hydrogens is 134 g/mol. The van der Waals surface area contributed by atoms with Gasteiger partial charge in [0.1, 0.15) is 0 Å². The van der Waals surface area contributed by atoms with E-state index in [0.717, 1.165) is 11.8 Å². The molecule has 0 aromatic rings. The van der Waals surface area contributed by atoms with Crippen molar-refractivity contribution in [3.8, 4) is 0 Å². The third-order valence-electron chi connectivity index (χ3n) is 2.24. The molecular formula is C7H16ClN. The second kappa shape index (κ2) is 3.43. The van der Waals surface area contributed by atoms with Crippen LogP contribution in [0.25, 0.3) is 0 Å². The van der Waals surface area contributed by atoms with Crippen molar-refractivity contribution in [1.29, 1.82) is 0 Å². The van der Waals surface area contributed by atoms with Crippen LogP contribution in [0, 0.1) is 11.8 Å². The Bertz CT molecular complexity index is 78.2. The zero-order valence-electron chi connectivity index (χ0n) is 6.13. The number of rotatable bonds is 1. The Labute approximate surface area is 63.4 Å². The van der Waals surface area contributed by atoms with E-state index >= 15 is 0 Å².